The van der Waals surface area contributed by atoms with E-state index in [1.807, 2.05) is 11.0 Å². The van der Waals surface area contributed by atoms with Crippen LogP contribution in [0.15, 0.2) is 36.5 Å². The zero-order valence-electron chi connectivity index (χ0n) is 16.0. The maximum absolute atomic E-state index is 12.9. The van der Waals surface area contributed by atoms with Gasteiger partial charge in [-0.1, -0.05) is 24.3 Å². The van der Waals surface area contributed by atoms with Gasteiger partial charge < -0.3 is 10.0 Å². The normalized spacial score (nSPS) is 20.0. The molecule has 0 spiro atoms. The van der Waals surface area contributed by atoms with Gasteiger partial charge in [-0.25, -0.2) is 0 Å². The highest BCUT2D eigenvalue weighted by Crippen LogP contribution is 2.26. The Balaban J connectivity index is 1.35. The van der Waals surface area contributed by atoms with Crippen LogP contribution in [0.1, 0.15) is 35.6 Å². The van der Waals surface area contributed by atoms with Crippen LogP contribution in [0.3, 0.4) is 0 Å². The Labute approximate surface area is 164 Å². The van der Waals surface area contributed by atoms with Crippen LogP contribution in [0.2, 0.25) is 0 Å². The molecule has 1 saturated heterocycles. The first-order valence-corrected chi connectivity index (χ1v) is 9.90. The number of rotatable bonds is 5. The van der Waals surface area contributed by atoms with Gasteiger partial charge >= 0.3 is 5.97 Å². The van der Waals surface area contributed by atoms with E-state index < -0.39 is 5.97 Å². The molecule has 0 saturated carbocycles. The lowest BCUT2D eigenvalue weighted by molar-refractivity contribution is -0.138. The molecule has 7 nitrogen and oxygen atoms in total. The smallest absolute Gasteiger partial charge is 0.325 e. The summed E-state index contributed by atoms with van der Waals surface area (Å²) in [5.74, 6) is -0.554. The van der Waals surface area contributed by atoms with E-state index >= 15 is 0 Å². The molecule has 2 aliphatic heterocycles. The highest BCUT2D eigenvalue weighted by Gasteiger charge is 2.28. The minimum absolute atomic E-state index is 0.133. The zero-order valence-corrected chi connectivity index (χ0v) is 16.0. The van der Waals surface area contributed by atoms with Crippen molar-refractivity contribution in [1.82, 2.24) is 19.6 Å². The van der Waals surface area contributed by atoms with Gasteiger partial charge in [-0.3, -0.25) is 19.2 Å². The van der Waals surface area contributed by atoms with E-state index in [0.29, 0.717) is 13.1 Å². The van der Waals surface area contributed by atoms with E-state index in [0.717, 1.165) is 44.6 Å². The Morgan fingerprint density at radius 3 is 2.75 bits per heavy atom. The zero-order chi connectivity index (χ0) is 19.5. The second-order valence-corrected chi connectivity index (χ2v) is 7.74. The summed E-state index contributed by atoms with van der Waals surface area (Å²) in [5, 5.41) is 13.3. The van der Waals surface area contributed by atoms with Gasteiger partial charge in [-0.15, -0.1) is 0 Å². The van der Waals surface area contributed by atoms with E-state index in [4.69, 9.17) is 5.11 Å². The average molecular weight is 382 g/mol. The topological polar surface area (TPSA) is 78.7 Å². The Morgan fingerprint density at radius 2 is 1.93 bits per heavy atom. The van der Waals surface area contributed by atoms with Crippen molar-refractivity contribution in [1.29, 1.82) is 0 Å². The summed E-state index contributed by atoms with van der Waals surface area (Å²) in [6, 6.07) is 10.3. The van der Waals surface area contributed by atoms with Crippen LogP contribution in [0.5, 0.6) is 0 Å². The van der Waals surface area contributed by atoms with E-state index in [1.165, 1.54) is 15.8 Å². The molecule has 3 heterocycles. The van der Waals surface area contributed by atoms with E-state index in [1.54, 1.807) is 6.20 Å². The number of fused-ring (bicyclic) bond motifs is 1. The molecule has 2 aliphatic rings. The van der Waals surface area contributed by atoms with Crippen LogP contribution in [0.4, 0.5) is 0 Å². The summed E-state index contributed by atoms with van der Waals surface area (Å²) in [4.78, 5) is 27.9. The Morgan fingerprint density at radius 1 is 1.11 bits per heavy atom. The number of likely N-dealkylation sites (tertiary alicyclic amines) is 1. The molecule has 4 rings (SSSR count). The number of carboxylic acid groups (broad SMARTS) is 1. The molecule has 1 fully saturated rings. The molecule has 1 atom stereocenters. The lowest BCUT2D eigenvalue weighted by Crippen LogP contribution is -2.45. The number of carbonyl (C=O) groups excluding carboxylic acids is 1. The third-order valence-electron chi connectivity index (χ3n) is 5.72. The molecule has 0 radical (unpaired) electrons. The Bertz CT molecular complexity index is 863. The van der Waals surface area contributed by atoms with E-state index in [2.05, 4.69) is 34.3 Å². The monoisotopic (exact) mass is 382 g/mol. The van der Waals surface area contributed by atoms with Crippen molar-refractivity contribution in [3.05, 3.63) is 53.3 Å². The molecule has 1 aromatic heterocycles. The van der Waals surface area contributed by atoms with Crippen molar-refractivity contribution >= 4 is 11.9 Å². The number of piperidine rings is 1. The maximum Gasteiger partial charge on any atom is 0.325 e. The Hall–Kier alpha value is -2.67. The number of carbonyl (C=O) groups is 2. The summed E-state index contributed by atoms with van der Waals surface area (Å²) in [5.41, 5.74) is 3.59. The molecule has 28 heavy (non-hydrogen) atoms. The first-order valence-electron chi connectivity index (χ1n) is 9.90. The summed E-state index contributed by atoms with van der Waals surface area (Å²) >= 11 is 0. The summed E-state index contributed by atoms with van der Waals surface area (Å²) in [6.45, 7) is 3.52. The maximum atomic E-state index is 12.9. The number of benzene rings is 1. The Kier molecular flexibility index (Phi) is 5.43. The summed E-state index contributed by atoms with van der Waals surface area (Å²) < 4.78 is 1.45. The van der Waals surface area contributed by atoms with Gasteiger partial charge in [0.15, 0.2) is 0 Å². The molecule has 0 unspecified atom stereocenters. The first-order chi connectivity index (χ1) is 13.6. The molecule has 0 aliphatic carbocycles. The van der Waals surface area contributed by atoms with Crippen LogP contribution < -0.4 is 0 Å². The van der Waals surface area contributed by atoms with Crippen LogP contribution in [0.25, 0.3) is 0 Å². The fraction of sp³-hybridized carbons (Fsp3) is 0.476. The second-order valence-electron chi connectivity index (χ2n) is 7.74. The molecule has 2 aromatic rings. The molecule has 0 bridgehead atoms. The molecule has 1 aromatic carbocycles. The van der Waals surface area contributed by atoms with Crippen molar-refractivity contribution in [2.45, 2.75) is 38.3 Å². The van der Waals surface area contributed by atoms with Gasteiger partial charge in [0.1, 0.15) is 6.54 Å². The number of nitrogens with zero attached hydrogens (tertiary/aromatic N) is 4. The second kappa shape index (κ2) is 8.14. The van der Waals surface area contributed by atoms with Gasteiger partial charge in [0.05, 0.1) is 12.2 Å². The van der Waals surface area contributed by atoms with Crippen molar-refractivity contribution in [3.63, 3.8) is 0 Å². The highest BCUT2D eigenvalue weighted by molar-refractivity contribution is 5.78. The molecular formula is C21H26N4O3. The minimum Gasteiger partial charge on any atom is -0.480 e. The third-order valence-corrected chi connectivity index (χ3v) is 5.72. The number of carboxylic acids is 1. The standard InChI is InChI=1S/C21H26N4O3/c26-20(14-23-10-7-16-4-1-2-5-17(16)12-23)24-9-3-6-18(13-24)19-8-11-25(22-19)15-21(27)28/h1-2,4-5,8,11,18H,3,6-7,9-10,12-15H2,(H,27,28)/t18-/m0/s1. The lowest BCUT2D eigenvalue weighted by Gasteiger charge is -2.35. The van der Waals surface area contributed by atoms with Gasteiger partial charge in [0.25, 0.3) is 0 Å². The van der Waals surface area contributed by atoms with Gasteiger partial charge in [-0.2, -0.15) is 5.10 Å². The van der Waals surface area contributed by atoms with Crippen LogP contribution in [0, 0.1) is 0 Å². The fourth-order valence-electron chi connectivity index (χ4n) is 4.25. The number of amides is 1. The predicted molar refractivity (Wildman–Crippen MR) is 104 cm³/mol. The van der Waals surface area contributed by atoms with Crippen LogP contribution in [-0.2, 0) is 29.1 Å². The van der Waals surface area contributed by atoms with Crippen molar-refractivity contribution in [3.8, 4) is 0 Å². The molecule has 7 heteroatoms. The third kappa shape index (κ3) is 4.25. The van der Waals surface area contributed by atoms with Gasteiger partial charge in [0, 0.05) is 38.3 Å². The van der Waals surface area contributed by atoms with Gasteiger partial charge in [0.2, 0.25) is 5.91 Å². The first kappa shape index (κ1) is 18.7. The fourth-order valence-corrected chi connectivity index (χ4v) is 4.25. The van der Waals surface area contributed by atoms with Crippen molar-refractivity contribution in [2.24, 2.45) is 0 Å². The highest BCUT2D eigenvalue weighted by atomic mass is 16.4. The molecule has 148 valence electrons. The number of hydrogen-bond acceptors (Lipinski definition) is 4. The summed E-state index contributed by atoms with van der Waals surface area (Å²) in [7, 11) is 0. The van der Waals surface area contributed by atoms with E-state index in [-0.39, 0.29) is 18.4 Å². The predicted octanol–water partition coefficient (Wildman–Crippen LogP) is 1.73. The summed E-state index contributed by atoms with van der Waals surface area (Å²) in [6.07, 6.45) is 4.62. The minimum atomic E-state index is -0.904. The quantitative estimate of drug-likeness (QED) is 0.852. The molecular weight excluding hydrogens is 356 g/mol. The number of aromatic nitrogens is 2. The molecule has 1 amide bonds. The van der Waals surface area contributed by atoms with Crippen molar-refractivity contribution < 1.29 is 14.7 Å². The SMILES string of the molecule is O=C(O)Cn1ccc([C@H]2CCCN(C(=O)CN3CCc4ccccc4C3)C2)n1. The van der Waals surface area contributed by atoms with Gasteiger partial charge in [-0.05, 0) is 36.5 Å². The average Bonchev–Trinajstić information content (AvgIpc) is 3.16. The van der Waals surface area contributed by atoms with E-state index in [9.17, 15) is 9.59 Å². The number of aliphatic carboxylic acids is 1. The van der Waals surface area contributed by atoms with Crippen LogP contribution in [-0.4, -0.2) is 62.7 Å². The largest absolute Gasteiger partial charge is 0.480 e. The van der Waals surface area contributed by atoms with Crippen LogP contribution >= 0.6 is 0 Å². The van der Waals surface area contributed by atoms with Crippen molar-refractivity contribution in [2.75, 3.05) is 26.2 Å². The lowest BCUT2D eigenvalue weighted by atomic mass is 9.95. The number of hydrogen-bond donors (Lipinski definition) is 1. The molecule has 1 N–H and O–H groups in total.